The molecule has 3 N–H and O–H groups in total. The summed E-state index contributed by atoms with van der Waals surface area (Å²) in [6, 6.07) is 9.65. The van der Waals surface area contributed by atoms with Crippen LogP contribution in [-0.2, 0) is 20.9 Å². The van der Waals surface area contributed by atoms with Crippen LogP contribution in [0.25, 0.3) is 16.9 Å². The average molecular weight is 481 g/mol. The lowest BCUT2D eigenvalue weighted by atomic mass is 10.1. The number of benzene rings is 1. The van der Waals surface area contributed by atoms with Crippen molar-refractivity contribution >= 4 is 17.4 Å². The van der Waals surface area contributed by atoms with Crippen LogP contribution >= 0.6 is 0 Å². The van der Waals surface area contributed by atoms with Gasteiger partial charge in [-0.3, -0.25) is 9.24 Å². The molecule has 3 rings (SSSR count). The fourth-order valence-electron chi connectivity index (χ4n) is 3.01. The van der Waals surface area contributed by atoms with Crippen LogP contribution in [0.1, 0.15) is 5.56 Å². The Kier molecular flexibility index (Phi) is 9.22. The minimum atomic E-state index is -4.48. The van der Waals surface area contributed by atoms with Crippen LogP contribution in [0.2, 0.25) is 0 Å². The van der Waals surface area contributed by atoms with Crippen molar-refractivity contribution < 1.29 is 32.3 Å². The molecule has 12 heteroatoms. The monoisotopic (exact) mass is 481 g/mol. The molecule has 0 aliphatic rings. The molecule has 2 amide bonds. The van der Waals surface area contributed by atoms with E-state index in [0.717, 1.165) is 16.8 Å². The van der Waals surface area contributed by atoms with Crippen LogP contribution in [0, 0.1) is 0 Å². The predicted octanol–water partition coefficient (Wildman–Crippen LogP) is 3.37. The van der Waals surface area contributed by atoms with Gasteiger partial charge in [-0.15, -0.1) is 0 Å². The molecular weight excluding hydrogens is 455 g/mol. The van der Waals surface area contributed by atoms with Gasteiger partial charge in [0.2, 0.25) is 0 Å². The Morgan fingerprint density at radius 2 is 1.94 bits per heavy atom. The first-order valence-corrected chi connectivity index (χ1v) is 10.4. The predicted molar refractivity (Wildman–Crippen MR) is 119 cm³/mol. The smallest absolute Gasteiger partial charge is 0.382 e. The molecule has 184 valence electrons. The Bertz CT molecular complexity index is 1070. The number of pyridine rings is 1. The summed E-state index contributed by atoms with van der Waals surface area (Å²) in [7, 11) is 1.61. The molecule has 0 bridgehead atoms. The van der Waals surface area contributed by atoms with Gasteiger partial charge in [-0.1, -0.05) is 12.1 Å². The van der Waals surface area contributed by atoms with E-state index in [2.05, 4.69) is 15.8 Å². The highest BCUT2D eigenvalue weighted by Crippen LogP contribution is 2.24. The molecule has 3 aromatic rings. The lowest BCUT2D eigenvalue weighted by Crippen LogP contribution is -2.36. The molecule has 0 atom stereocenters. The summed E-state index contributed by atoms with van der Waals surface area (Å²) in [6.07, 6.45) is -0.934. The number of nitrogens with zero attached hydrogens (tertiary/aromatic N) is 2. The Morgan fingerprint density at radius 3 is 2.74 bits per heavy atom. The third-order valence-corrected chi connectivity index (χ3v) is 4.58. The van der Waals surface area contributed by atoms with Gasteiger partial charge >= 0.3 is 12.2 Å². The summed E-state index contributed by atoms with van der Waals surface area (Å²) < 4.78 is 48.9. The van der Waals surface area contributed by atoms with Gasteiger partial charge in [0.1, 0.15) is 12.2 Å². The number of imidazole rings is 1. The quantitative estimate of drug-likeness (QED) is 0.271. The first-order chi connectivity index (χ1) is 16.4. The number of alkyl halides is 3. The number of ether oxygens (including phenoxy) is 2. The van der Waals surface area contributed by atoms with Crippen LogP contribution in [0.5, 0.6) is 0 Å². The first-order valence-electron chi connectivity index (χ1n) is 10.4. The highest BCUT2D eigenvalue weighted by atomic mass is 19.4. The second kappa shape index (κ2) is 12.3. The molecule has 0 spiro atoms. The molecule has 0 aliphatic heterocycles. The second-order valence-electron chi connectivity index (χ2n) is 7.19. The average Bonchev–Trinajstić information content (AvgIpc) is 3.22. The van der Waals surface area contributed by atoms with E-state index >= 15 is 0 Å². The first kappa shape index (κ1) is 25.4. The number of methoxy groups -OCH3 is 1. The topological polar surface area (TPSA) is 98.1 Å². The van der Waals surface area contributed by atoms with Crippen LogP contribution in [0.15, 0.2) is 48.8 Å². The van der Waals surface area contributed by atoms with Crippen molar-refractivity contribution in [2.24, 2.45) is 0 Å². The largest absolute Gasteiger partial charge is 0.405 e. The van der Waals surface area contributed by atoms with Crippen molar-refractivity contribution in [1.82, 2.24) is 20.2 Å². The third kappa shape index (κ3) is 7.99. The van der Waals surface area contributed by atoms with E-state index in [-0.39, 0.29) is 0 Å². The number of anilines is 1. The maximum atomic E-state index is 12.3. The Balaban J connectivity index is 1.56. The molecule has 2 heterocycles. The van der Waals surface area contributed by atoms with Crippen LogP contribution in [0.3, 0.4) is 0 Å². The van der Waals surface area contributed by atoms with Gasteiger partial charge in [0.05, 0.1) is 38.3 Å². The number of urea groups is 1. The molecule has 1 aromatic carbocycles. The number of halogens is 3. The van der Waals surface area contributed by atoms with Crippen molar-refractivity contribution in [3.05, 3.63) is 54.4 Å². The summed E-state index contributed by atoms with van der Waals surface area (Å²) in [5.74, 6) is 0. The molecular formula is C22H26F3N5O4. The standard InChI is InChI=1S/C22H26F3N5O4/c1-32-7-8-33-9-10-34-28-13-16-5-6-30-19(14-26-20(30)11-16)17-3-2-4-18(12-17)29-21(31)27-15-22(23,24)25/h2-6,11-12,14,28H,7-10,13,15H2,1H3,(H2,27,29,31). The van der Waals surface area contributed by atoms with E-state index < -0.39 is 18.8 Å². The van der Waals surface area contributed by atoms with Crippen molar-refractivity contribution in [1.29, 1.82) is 0 Å². The number of fused-ring (bicyclic) bond motifs is 1. The summed E-state index contributed by atoms with van der Waals surface area (Å²) in [5.41, 5.74) is 6.40. The maximum absolute atomic E-state index is 12.3. The molecule has 0 aliphatic carbocycles. The van der Waals surface area contributed by atoms with E-state index in [0.29, 0.717) is 44.3 Å². The maximum Gasteiger partial charge on any atom is 0.405 e. The highest BCUT2D eigenvalue weighted by Gasteiger charge is 2.27. The zero-order chi connectivity index (χ0) is 24.4. The van der Waals surface area contributed by atoms with E-state index in [1.54, 1.807) is 36.8 Å². The van der Waals surface area contributed by atoms with Gasteiger partial charge < -0.3 is 20.1 Å². The number of hydrogen-bond acceptors (Lipinski definition) is 6. The van der Waals surface area contributed by atoms with Crippen LogP contribution in [-0.4, -0.2) is 61.7 Å². The van der Waals surface area contributed by atoms with E-state index in [9.17, 15) is 18.0 Å². The van der Waals surface area contributed by atoms with Gasteiger partial charge in [-0.25, -0.2) is 9.78 Å². The van der Waals surface area contributed by atoms with Crippen LogP contribution in [0.4, 0.5) is 23.7 Å². The molecule has 0 saturated heterocycles. The van der Waals surface area contributed by atoms with Gasteiger partial charge in [0.15, 0.2) is 0 Å². The zero-order valence-electron chi connectivity index (χ0n) is 18.5. The summed E-state index contributed by atoms with van der Waals surface area (Å²) in [6.45, 7) is 0.981. The fraction of sp³-hybridized carbons (Fsp3) is 0.364. The molecule has 34 heavy (non-hydrogen) atoms. The van der Waals surface area contributed by atoms with Crippen molar-refractivity contribution in [3.63, 3.8) is 0 Å². The fourth-order valence-corrected chi connectivity index (χ4v) is 3.01. The molecule has 0 radical (unpaired) electrons. The minimum Gasteiger partial charge on any atom is -0.382 e. The molecule has 0 saturated carbocycles. The second-order valence-corrected chi connectivity index (χ2v) is 7.19. The van der Waals surface area contributed by atoms with Gasteiger partial charge in [0, 0.05) is 31.1 Å². The number of rotatable bonds is 12. The molecule has 2 aromatic heterocycles. The highest BCUT2D eigenvalue weighted by molar-refractivity contribution is 5.90. The SMILES string of the molecule is COCCOCCONCc1ccn2c(-c3cccc(NC(=O)NCC(F)(F)F)c3)cnc2c1. The number of hydrogen-bond donors (Lipinski definition) is 3. The lowest BCUT2D eigenvalue weighted by Gasteiger charge is -2.11. The number of carbonyl (C=O) groups excluding carboxylic acids is 1. The van der Waals surface area contributed by atoms with Gasteiger partial charge in [-0.2, -0.15) is 18.7 Å². The Hall–Kier alpha value is -3.19. The van der Waals surface area contributed by atoms with Crippen LogP contribution < -0.4 is 16.1 Å². The zero-order valence-corrected chi connectivity index (χ0v) is 18.5. The lowest BCUT2D eigenvalue weighted by molar-refractivity contribution is -0.122. The van der Waals surface area contributed by atoms with E-state index in [4.69, 9.17) is 14.3 Å². The minimum absolute atomic E-state index is 0.358. The number of nitrogens with one attached hydrogen (secondary N) is 3. The number of hydroxylamine groups is 1. The Labute approximate surface area is 194 Å². The van der Waals surface area contributed by atoms with Crippen molar-refractivity contribution in [2.75, 3.05) is 45.4 Å². The molecule has 9 nitrogen and oxygen atoms in total. The van der Waals surface area contributed by atoms with Gasteiger partial charge in [-0.05, 0) is 29.8 Å². The molecule has 0 unspecified atom stereocenters. The Morgan fingerprint density at radius 1 is 1.12 bits per heavy atom. The third-order valence-electron chi connectivity index (χ3n) is 4.58. The van der Waals surface area contributed by atoms with Gasteiger partial charge in [0.25, 0.3) is 0 Å². The van der Waals surface area contributed by atoms with E-state index in [1.165, 1.54) is 0 Å². The number of aromatic nitrogens is 2. The number of carbonyl (C=O) groups is 1. The van der Waals surface area contributed by atoms with Crippen molar-refractivity contribution in [2.45, 2.75) is 12.7 Å². The van der Waals surface area contributed by atoms with Crippen molar-refractivity contribution in [3.8, 4) is 11.3 Å². The summed E-state index contributed by atoms with van der Waals surface area (Å²) in [5, 5.41) is 4.18. The summed E-state index contributed by atoms with van der Waals surface area (Å²) >= 11 is 0. The number of amides is 2. The summed E-state index contributed by atoms with van der Waals surface area (Å²) in [4.78, 5) is 21.5. The van der Waals surface area contributed by atoms with E-state index in [1.807, 2.05) is 28.8 Å². The normalized spacial score (nSPS) is 11.6. The molecule has 0 fully saturated rings.